The minimum Gasteiger partial charge on any atom is -0.376 e. The van der Waals surface area contributed by atoms with Crippen LogP contribution in [0.2, 0.25) is 0 Å². The topological polar surface area (TPSA) is 67.6 Å². The van der Waals surface area contributed by atoms with Gasteiger partial charge in [-0.1, -0.05) is 6.92 Å². The summed E-state index contributed by atoms with van der Waals surface area (Å²) >= 11 is 0. The second kappa shape index (κ2) is 5.77. The average molecular weight is 269 g/mol. The highest BCUT2D eigenvalue weighted by molar-refractivity contribution is 5.86. The lowest BCUT2D eigenvalue weighted by Crippen LogP contribution is -2.65. The quantitative estimate of drug-likeness (QED) is 0.729. The molecule has 2 fully saturated rings. The van der Waals surface area contributed by atoms with Crippen molar-refractivity contribution < 1.29 is 9.53 Å². The Morgan fingerprint density at radius 3 is 2.68 bits per heavy atom. The van der Waals surface area contributed by atoms with Crippen molar-refractivity contribution in [3.63, 3.8) is 0 Å². The molecule has 0 spiro atoms. The summed E-state index contributed by atoms with van der Waals surface area (Å²) in [6, 6.07) is 0.391. The van der Waals surface area contributed by atoms with E-state index in [2.05, 4.69) is 24.1 Å². The maximum absolute atomic E-state index is 12.0. The fourth-order valence-corrected chi connectivity index (χ4v) is 3.19. The van der Waals surface area contributed by atoms with Crippen molar-refractivity contribution >= 4 is 5.91 Å². The summed E-state index contributed by atoms with van der Waals surface area (Å²) in [4.78, 5) is 14.4. The van der Waals surface area contributed by atoms with Crippen LogP contribution in [0.3, 0.4) is 0 Å². The molecule has 1 heterocycles. The van der Waals surface area contributed by atoms with Gasteiger partial charge in [-0.25, -0.2) is 0 Å². The van der Waals surface area contributed by atoms with Crippen LogP contribution in [-0.4, -0.2) is 55.2 Å². The molecule has 1 amide bonds. The van der Waals surface area contributed by atoms with Crippen LogP contribution >= 0.6 is 0 Å². The van der Waals surface area contributed by atoms with Crippen molar-refractivity contribution in [2.75, 3.05) is 26.7 Å². The van der Waals surface area contributed by atoms with Crippen molar-refractivity contribution in [2.45, 2.75) is 50.8 Å². The molecule has 1 aliphatic carbocycles. The van der Waals surface area contributed by atoms with Crippen molar-refractivity contribution in [3.8, 4) is 0 Å². The van der Waals surface area contributed by atoms with E-state index in [4.69, 9.17) is 10.5 Å². The maximum Gasteiger partial charge on any atom is 0.239 e. The highest BCUT2D eigenvalue weighted by atomic mass is 16.5. The number of primary amides is 1. The third-order valence-electron chi connectivity index (χ3n) is 4.66. The van der Waals surface area contributed by atoms with E-state index in [0.29, 0.717) is 18.5 Å². The highest BCUT2D eigenvalue weighted by Gasteiger charge is 2.50. The van der Waals surface area contributed by atoms with Gasteiger partial charge in [0.25, 0.3) is 0 Å². The van der Waals surface area contributed by atoms with Crippen LogP contribution in [0.1, 0.15) is 33.1 Å². The molecule has 0 aromatic rings. The maximum atomic E-state index is 12.0. The number of carbonyl (C=O) groups is 1. The number of nitrogens with two attached hydrogens (primary N) is 1. The fourth-order valence-electron chi connectivity index (χ4n) is 3.19. The third kappa shape index (κ3) is 2.93. The summed E-state index contributed by atoms with van der Waals surface area (Å²) in [5.74, 6) is 0.178. The van der Waals surface area contributed by atoms with Gasteiger partial charge < -0.3 is 15.8 Å². The monoisotopic (exact) mass is 269 g/mol. The lowest BCUT2D eigenvalue weighted by atomic mass is 9.90. The first-order chi connectivity index (χ1) is 9.03. The van der Waals surface area contributed by atoms with Gasteiger partial charge in [-0.15, -0.1) is 0 Å². The summed E-state index contributed by atoms with van der Waals surface area (Å²) in [6.07, 6.45) is 3.46. The molecule has 1 aliphatic heterocycles. The Hall–Kier alpha value is -0.650. The van der Waals surface area contributed by atoms with Gasteiger partial charge in [-0.05, 0) is 39.2 Å². The Balaban J connectivity index is 2.12. The molecule has 2 aliphatic rings. The van der Waals surface area contributed by atoms with E-state index in [9.17, 15) is 4.79 Å². The molecular weight excluding hydrogens is 242 g/mol. The number of carbonyl (C=O) groups excluding carboxylic acids is 1. The van der Waals surface area contributed by atoms with E-state index in [-0.39, 0.29) is 12.0 Å². The average Bonchev–Trinajstić information content (AvgIpc) is 3.20. The first-order valence-electron chi connectivity index (χ1n) is 7.38. The Kier molecular flexibility index (Phi) is 4.48. The van der Waals surface area contributed by atoms with Gasteiger partial charge in [0.15, 0.2) is 0 Å². The van der Waals surface area contributed by atoms with Crippen LogP contribution in [0.5, 0.6) is 0 Å². The predicted molar refractivity (Wildman–Crippen MR) is 74.8 cm³/mol. The molecular formula is C14H27N3O2. The minimum atomic E-state index is -0.565. The number of amides is 1. The van der Waals surface area contributed by atoms with Gasteiger partial charge in [-0.3, -0.25) is 9.69 Å². The molecule has 3 unspecified atom stereocenters. The van der Waals surface area contributed by atoms with Crippen LogP contribution in [0, 0.1) is 5.92 Å². The number of nitrogens with zero attached hydrogens (tertiary/aromatic N) is 1. The number of hydrogen-bond acceptors (Lipinski definition) is 4. The molecule has 0 aromatic heterocycles. The third-order valence-corrected chi connectivity index (χ3v) is 4.66. The first-order valence-corrected chi connectivity index (χ1v) is 7.38. The standard InChI is InChI=1S/C14H27N3O2/c1-4-12-8-19-10(2)7-17(12)9-14(16-3,13(15)18)11-5-6-11/h10-12,16H,4-9H2,1-3H3,(H2,15,18). The number of morpholine rings is 1. The van der Waals surface area contributed by atoms with Crippen LogP contribution in [0.15, 0.2) is 0 Å². The van der Waals surface area contributed by atoms with Crippen LogP contribution in [0.25, 0.3) is 0 Å². The van der Waals surface area contributed by atoms with Crippen molar-refractivity contribution in [2.24, 2.45) is 11.7 Å². The molecule has 5 heteroatoms. The Bertz CT molecular complexity index is 333. The number of hydrogen-bond donors (Lipinski definition) is 2. The summed E-state index contributed by atoms with van der Waals surface area (Å²) in [6.45, 7) is 6.58. The summed E-state index contributed by atoms with van der Waals surface area (Å²) in [7, 11) is 1.86. The number of rotatable bonds is 6. The largest absolute Gasteiger partial charge is 0.376 e. The Morgan fingerprint density at radius 2 is 2.21 bits per heavy atom. The van der Waals surface area contributed by atoms with E-state index in [1.807, 2.05) is 7.05 Å². The first kappa shape index (κ1) is 14.8. The molecule has 1 saturated heterocycles. The van der Waals surface area contributed by atoms with Gasteiger partial charge in [0.05, 0.1) is 12.7 Å². The van der Waals surface area contributed by atoms with Gasteiger partial charge in [0.2, 0.25) is 5.91 Å². The number of nitrogens with one attached hydrogen (secondary N) is 1. The lowest BCUT2D eigenvalue weighted by Gasteiger charge is -2.43. The summed E-state index contributed by atoms with van der Waals surface area (Å²) in [5, 5.41) is 3.23. The van der Waals surface area contributed by atoms with Gasteiger partial charge in [-0.2, -0.15) is 0 Å². The van der Waals surface area contributed by atoms with E-state index >= 15 is 0 Å². The normalized spacial score (nSPS) is 31.9. The highest BCUT2D eigenvalue weighted by Crippen LogP contribution is 2.40. The molecule has 19 heavy (non-hydrogen) atoms. The summed E-state index contributed by atoms with van der Waals surface area (Å²) in [5.41, 5.74) is 5.14. The van der Waals surface area contributed by atoms with Crippen molar-refractivity contribution in [1.29, 1.82) is 0 Å². The zero-order valence-electron chi connectivity index (χ0n) is 12.3. The molecule has 3 atom stereocenters. The molecule has 2 rings (SSSR count). The minimum absolute atomic E-state index is 0.216. The van der Waals surface area contributed by atoms with E-state index < -0.39 is 5.54 Å². The smallest absolute Gasteiger partial charge is 0.239 e. The molecule has 1 saturated carbocycles. The second-order valence-corrected chi connectivity index (χ2v) is 6.00. The van der Waals surface area contributed by atoms with E-state index in [0.717, 1.165) is 32.4 Å². The van der Waals surface area contributed by atoms with Gasteiger partial charge >= 0.3 is 0 Å². The van der Waals surface area contributed by atoms with Crippen LogP contribution in [0.4, 0.5) is 0 Å². The zero-order chi connectivity index (χ0) is 14.0. The van der Waals surface area contributed by atoms with E-state index in [1.165, 1.54) is 0 Å². The van der Waals surface area contributed by atoms with Crippen molar-refractivity contribution in [3.05, 3.63) is 0 Å². The van der Waals surface area contributed by atoms with Crippen molar-refractivity contribution in [1.82, 2.24) is 10.2 Å². The molecule has 110 valence electrons. The Labute approximate surface area is 115 Å². The van der Waals surface area contributed by atoms with Gasteiger partial charge in [0.1, 0.15) is 5.54 Å². The fraction of sp³-hybridized carbons (Fsp3) is 0.929. The molecule has 5 nitrogen and oxygen atoms in total. The predicted octanol–water partition coefficient (Wildman–Crippen LogP) is 0.339. The van der Waals surface area contributed by atoms with E-state index in [1.54, 1.807) is 0 Å². The molecule has 3 N–H and O–H groups in total. The Morgan fingerprint density at radius 1 is 1.53 bits per heavy atom. The molecule has 0 aromatic carbocycles. The zero-order valence-corrected chi connectivity index (χ0v) is 12.3. The lowest BCUT2D eigenvalue weighted by molar-refractivity contribution is -0.128. The number of likely N-dealkylation sites (N-methyl/N-ethyl adjacent to an activating group) is 1. The van der Waals surface area contributed by atoms with Crippen LogP contribution < -0.4 is 11.1 Å². The SMILES string of the molecule is CCC1COC(C)CN1CC(NC)(C(N)=O)C1CC1. The van der Waals surface area contributed by atoms with Crippen LogP contribution in [-0.2, 0) is 9.53 Å². The molecule has 0 radical (unpaired) electrons. The molecule has 0 bridgehead atoms. The second-order valence-electron chi connectivity index (χ2n) is 6.00. The van der Waals surface area contributed by atoms with Gasteiger partial charge in [0, 0.05) is 19.1 Å². The number of ether oxygens (including phenoxy) is 1. The summed E-state index contributed by atoms with van der Waals surface area (Å²) < 4.78 is 5.72.